The molecular formula is C7H4BrN3O2. The molecule has 1 aromatic rings. The van der Waals surface area contributed by atoms with Crippen molar-refractivity contribution in [1.29, 1.82) is 0 Å². The third kappa shape index (κ3) is 2.00. The fourth-order valence-electron chi connectivity index (χ4n) is 0.677. The minimum absolute atomic E-state index is 0.0601. The number of halogens is 1. The van der Waals surface area contributed by atoms with Crippen molar-refractivity contribution >= 4 is 27.7 Å². The summed E-state index contributed by atoms with van der Waals surface area (Å²) in [5.41, 5.74) is -0.0770. The Morgan fingerprint density at radius 3 is 3.00 bits per heavy atom. The topological polar surface area (TPSA) is 56.4 Å². The summed E-state index contributed by atoms with van der Waals surface area (Å²) in [5, 5.41) is 0. The number of carbonyl (C=O) groups is 1. The number of methoxy groups -OCH3 is 1. The standard InChI is InChI=1S/C7H4BrN3O2/c1-9-6-5(7(12)13-2)11-4(8)3-10-6/h3H,2H3. The molecule has 5 nitrogen and oxygen atoms in total. The van der Waals surface area contributed by atoms with E-state index in [4.69, 9.17) is 6.57 Å². The van der Waals surface area contributed by atoms with Gasteiger partial charge in [0.15, 0.2) is 11.9 Å². The number of esters is 1. The molecule has 1 rings (SSSR count). The van der Waals surface area contributed by atoms with E-state index in [1.165, 1.54) is 13.3 Å². The largest absolute Gasteiger partial charge is 0.465 e. The molecule has 66 valence electrons. The van der Waals surface area contributed by atoms with E-state index < -0.39 is 5.97 Å². The lowest BCUT2D eigenvalue weighted by Crippen LogP contribution is -2.05. The van der Waals surface area contributed by atoms with Crippen LogP contribution in [0.1, 0.15) is 10.5 Å². The van der Waals surface area contributed by atoms with Crippen LogP contribution >= 0.6 is 15.9 Å². The fraction of sp³-hybridized carbons (Fsp3) is 0.143. The van der Waals surface area contributed by atoms with Crippen LogP contribution in [0, 0.1) is 6.57 Å². The molecule has 1 aromatic heterocycles. The van der Waals surface area contributed by atoms with Gasteiger partial charge in [-0.2, -0.15) is 0 Å². The first-order valence-electron chi connectivity index (χ1n) is 3.17. The Morgan fingerprint density at radius 2 is 2.46 bits per heavy atom. The maximum absolute atomic E-state index is 11.1. The van der Waals surface area contributed by atoms with E-state index in [2.05, 4.69) is 35.5 Å². The zero-order valence-corrected chi connectivity index (χ0v) is 8.20. The summed E-state index contributed by atoms with van der Waals surface area (Å²) < 4.78 is 4.82. The van der Waals surface area contributed by atoms with Gasteiger partial charge in [-0.1, -0.05) is 6.57 Å². The average molecular weight is 242 g/mol. The van der Waals surface area contributed by atoms with Gasteiger partial charge in [0.2, 0.25) is 0 Å². The number of hydrogen-bond acceptors (Lipinski definition) is 4. The van der Waals surface area contributed by atoms with E-state index in [-0.39, 0.29) is 11.5 Å². The smallest absolute Gasteiger partial charge is 0.347 e. The maximum Gasteiger partial charge on any atom is 0.347 e. The first kappa shape index (κ1) is 9.61. The predicted molar refractivity (Wildman–Crippen MR) is 47.3 cm³/mol. The number of aromatic nitrogens is 2. The Labute approximate surface area is 82.7 Å². The number of hydrogen-bond donors (Lipinski definition) is 0. The molecule has 0 radical (unpaired) electrons. The highest BCUT2D eigenvalue weighted by Crippen LogP contribution is 2.16. The summed E-state index contributed by atoms with van der Waals surface area (Å²) in [6.07, 6.45) is 1.35. The Bertz CT molecular complexity index is 386. The fourth-order valence-corrected chi connectivity index (χ4v) is 0.956. The van der Waals surface area contributed by atoms with Gasteiger partial charge in [-0.15, -0.1) is 4.98 Å². The summed E-state index contributed by atoms with van der Waals surface area (Å²) in [5.74, 6) is -0.727. The second kappa shape index (κ2) is 3.96. The minimum atomic E-state index is -0.667. The molecular weight excluding hydrogens is 238 g/mol. The van der Waals surface area contributed by atoms with Crippen molar-refractivity contribution in [2.45, 2.75) is 0 Å². The zero-order chi connectivity index (χ0) is 9.84. The molecule has 0 N–H and O–H groups in total. The van der Waals surface area contributed by atoms with Crippen LogP contribution in [0.15, 0.2) is 10.8 Å². The van der Waals surface area contributed by atoms with Crippen molar-refractivity contribution in [1.82, 2.24) is 9.97 Å². The van der Waals surface area contributed by atoms with Crippen molar-refractivity contribution in [3.05, 3.63) is 27.9 Å². The lowest BCUT2D eigenvalue weighted by atomic mass is 10.4. The lowest BCUT2D eigenvalue weighted by Gasteiger charge is -1.99. The summed E-state index contributed by atoms with van der Waals surface area (Å²) in [7, 11) is 1.22. The van der Waals surface area contributed by atoms with Gasteiger partial charge in [0.1, 0.15) is 4.60 Å². The normalized spacial score (nSPS) is 9.00. The van der Waals surface area contributed by atoms with Crippen LogP contribution in [0.5, 0.6) is 0 Å². The number of ether oxygens (including phenoxy) is 1. The third-order valence-corrected chi connectivity index (χ3v) is 1.59. The third-order valence-electron chi connectivity index (χ3n) is 1.21. The van der Waals surface area contributed by atoms with Crippen LogP contribution in [-0.2, 0) is 4.74 Å². The maximum atomic E-state index is 11.1. The molecule has 0 saturated carbocycles. The highest BCUT2D eigenvalue weighted by atomic mass is 79.9. The van der Waals surface area contributed by atoms with Gasteiger partial charge in [-0.3, -0.25) is 0 Å². The molecule has 1 heterocycles. The van der Waals surface area contributed by atoms with Gasteiger partial charge in [0.25, 0.3) is 0 Å². The highest BCUT2D eigenvalue weighted by Gasteiger charge is 2.15. The van der Waals surface area contributed by atoms with Crippen molar-refractivity contribution in [3.8, 4) is 0 Å². The van der Waals surface area contributed by atoms with Crippen molar-refractivity contribution in [2.75, 3.05) is 7.11 Å². The summed E-state index contributed by atoms with van der Waals surface area (Å²) in [4.78, 5) is 21.6. The van der Waals surface area contributed by atoms with E-state index in [9.17, 15) is 4.79 Å². The minimum Gasteiger partial charge on any atom is -0.465 e. The number of nitrogens with zero attached hydrogens (tertiary/aromatic N) is 3. The van der Waals surface area contributed by atoms with Crippen molar-refractivity contribution in [2.24, 2.45) is 0 Å². The number of rotatable bonds is 1. The van der Waals surface area contributed by atoms with Gasteiger partial charge in [0.05, 0.1) is 7.11 Å². The summed E-state index contributed by atoms with van der Waals surface area (Å²) in [6.45, 7) is 6.72. The highest BCUT2D eigenvalue weighted by molar-refractivity contribution is 9.10. The Hall–Kier alpha value is -1.48. The first-order chi connectivity index (χ1) is 6.19. The molecule has 13 heavy (non-hydrogen) atoms. The van der Waals surface area contributed by atoms with Crippen LogP contribution in [0.3, 0.4) is 0 Å². The summed E-state index contributed by atoms with van der Waals surface area (Å²) in [6, 6.07) is 0. The van der Waals surface area contributed by atoms with Gasteiger partial charge in [-0.05, 0) is 15.9 Å². The van der Waals surface area contributed by atoms with Crippen molar-refractivity contribution < 1.29 is 9.53 Å². The monoisotopic (exact) mass is 241 g/mol. The van der Waals surface area contributed by atoms with Gasteiger partial charge in [-0.25, -0.2) is 9.78 Å². The average Bonchev–Trinajstić information content (AvgIpc) is 2.16. The van der Waals surface area contributed by atoms with Gasteiger partial charge < -0.3 is 9.58 Å². The van der Waals surface area contributed by atoms with Crippen molar-refractivity contribution in [3.63, 3.8) is 0 Å². The summed E-state index contributed by atoms with van der Waals surface area (Å²) >= 11 is 3.04. The van der Waals surface area contributed by atoms with E-state index in [1.807, 2.05) is 0 Å². The molecule has 0 unspecified atom stereocenters. The zero-order valence-electron chi connectivity index (χ0n) is 6.61. The number of carbonyl (C=O) groups excluding carboxylic acids is 1. The van der Waals surface area contributed by atoms with Crippen LogP contribution in [-0.4, -0.2) is 23.0 Å². The van der Waals surface area contributed by atoms with Gasteiger partial charge >= 0.3 is 11.8 Å². The van der Waals surface area contributed by atoms with Crippen LogP contribution in [0.2, 0.25) is 0 Å². The molecule has 0 amide bonds. The molecule has 0 aromatic carbocycles. The Kier molecular flexibility index (Phi) is 2.93. The van der Waals surface area contributed by atoms with E-state index in [0.29, 0.717) is 4.60 Å². The van der Waals surface area contributed by atoms with E-state index in [1.54, 1.807) is 0 Å². The molecule has 0 fully saturated rings. The first-order valence-corrected chi connectivity index (χ1v) is 3.96. The lowest BCUT2D eigenvalue weighted by molar-refractivity contribution is 0.0595. The second-order valence-electron chi connectivity index (χ2n) is 1.97. The Balaban J connectivity index is 3.25. The molecule has 6 heteroatoms. The van der Waals surface area contributed by atoms with Gasteiger partial charge in [0, 0.05) is 0 Å². The van der Waals surface area contributed by atoms with Crippen LogP contribution in [0.25, 0.3) is 4.85 Å². The van der Waals surface area contributed by atoms with Crippen LogP contribution in [0.4, 0.5) is 5.82 Å². The molecule has 0 saturated heterocycles. The molecule has 0 atom stereocenters. The molecule has 0 aliphatic carbocycles. The molecule has 0 spiro atoms. The predicted octanol–water partition coefficient (Wildman–Crippen LogP) is 1.58. The van der Waals surface area contributed by atoms with E-state index in [0.717, 1.165) is 0 Å². The van der Waals surface area contributed by atoms with Crippen LogP contribution < -0.4 is 0 Å². The van der Waals surface area contributed by atoms with E-state index >= 15 is 0 Å². The Morgan fingerprint density at radius 1 is 1.77 bits per heavy atom. The SMILES string of the molecule is [C-]#[N+]c1ncc(Br)nc1C(=O)OC. The quantitative estimate of drug-likeness (QED) is 0.554. The molecule has 0 aliphatic rings. The second-order valence-corrected chi connectivity index (χ2v) is 2.78. The molecule has 0 aliphatic heterocycles. The molecule has 0 bridgehead atoms.